The van der Waals surface area contributed by atoms with E-state index in [1.807, 2.05) is 35.3 Å². The number of benzene rings is 2. The fourth-order valence-electron chi connectivity index (χ4n) is 4.48. The molecule has 2 aromatic rings. The molecule has 1 aliphatic carbocycles. The van der Waals surface area contributed by atoms with Crippen LogP contribution in [0.5, 0.6) is 0 Å². The van der Waals surface area contributed by atoms with Crippen LogP contribution < -0.4 is 5.01 Å². The van der Waals surface area contributed by atoms with Crippen LogP contribution in [0.15, 0.2) is 53.6 Å². The Bertz CT molecular complexity index is 1030. The van der Waals surface area contributed by atoms with Gasteiger partial charge < -0.3 is 4.74 Å². The minimum Gasteiger partial charge on any atom is -0.456 e. The summed E-state index contributed by atoms with van der Waals surface area (Å²) in [5, 5.41) is 6.96. The summed E-state index contributed by atoms with van der Waals surface area (Å²) in [5.41, 5.74) is 5.12. The van der Waals surface area contributed by atoms with Crippen LogP contribution in [0.25, 0.3) is 0 Å². The van der Waals surface area contributed by atoms with Gasteiger partial charge in [-0.15, -0.1) is 0 Å². The van der Waals surface area contributed by atoms with E-state index in [9.17, 15) is 18.0 Å². The third-order valence-electron chi connectivity index (χ3n) is 6.56. The standard InChI is InChI=1S/C25H27F3N2O2/c1-16-9-10-19(13-17(16)2)22-24(11-12-24)21(30(29-22)20-7-5-4-6-8-20)14-18(3)23(31)32-15-25(26,27)28/h4-10,13,18,21H,11-12,14-15H2,1-3H3. The van der Waals surface area contributed by atoms with E-state index < -0.39 is 24.7 Å². The topological polar surface area (TPSA) is 41.9 Å². The number of hydrogen-bond donors (Lipinski definition) is 0. The SMILES string of the molecule is Cc1ccc(C2=NN(c3ccccc3)C(CC(C)C(=O)OCC(F)(F)F)C23CC3)cc1C. The van der Waals surface area contributed by atoms with Crippen molar-refractivity contribution in [1.82, 2.24) is 0 Å². The van der Waals surface area contributed by atoms with Gasteiger partial charge in [-0.25, -0.2) is 0 Å². The highest BCUT2D eigenvalue weighted by molar-refractivity contribution is 6.09. The number of aryl methyl sites for hydroxylation is 2. The van der Waals surface area contributed by atoms with Gasteiger partial charge in [-0.1, -0.05) is 37.3 Å². The molecule has 170 valence electrons. The second kappa shape index (κ2) is 8.26. The molecule has 1 aliphatic heterocycles. The number of para-hydroxylation sites is 1. The number of carbonyl (C=O) groups excluding carboxylic acids is 1. The molecule has 2 aromatic carbocycles. The third-order valence-corrected chi connectivity index (χ3v) is 6.56. The van der Waals surface area contributed by atoms with Crippen molar-refractivity contribution in [2.24, 2.45) is 16.4 Å². The van der Waals surface area contributed by atoms with E-state index in [1.165, 1.54) is 11.1 Å². The van der Waals surface area contributed by atoms with Crippen molar-refractivity contribution in [2.45, 2.75) is 52.3 Å². The molecule has 0 bridgehead atoms. The molecule has 0 N–H and O–H groups in total. The van der Waals surface area contributed by atoms with Crippen LogP contribution in [0.3, 0.4) is 0 Å². The first-order chi connectivity index (χ1) is 15.1. The van der Waals surface area contributed by atoms with E-state index >= 15 is 0 Å². The maximum absolute atomic E-state index is 12.5. The van der Waals surface area contributed by atoms with Crippen molar-refractivity contribution in [3.63, 3.8) is 0 Å². The molecule has 2 unspecified atom stereocenters. The van der Waals surface area contributed by atoms with Gasteiger partial charge in [0.25, 0.3) is 0 Å². The molecule has 0 aromatic heterocycles. The zero-order valence-corrected chi connectivity index (χ0v) is 18.4. The summed E-state index contributed by atoms with van der Waals surface area (Å²) in [7, 11) is 0. The summed E-state index contributed by atoms with van der Waals surface area (Å²) in [6, 6.07) is 15.9. The average Bonchev–Trinajstić information content (AvgIpc) is 3.48. The third kappa shape index (κ3) is 4.38. The van der Waals surface area contributed by atoms with E-state index in [4.69, 9.17) is 5.10 Å². The van der Waals surface area contributed by atoms with Crippen LogP contribution in [-0.2, 0) is 9.53 Å². The number of alkyl halides is 3. The largest absolute Gasteiger partial charge is 0.456 e. The summed E-state index contributed by atoms with van der Waals surface area (Å²) in [6.07, 6.45) is -2.31. The molecule has 0 amide bonds. The molecule has 1 saturated carbocycles. The summed E-state index contributed by atoms with van der Waals surface area (Å²) < 4.78 is 42.0. The smallest absolute Gasteiger partial charge is 0.422 e. The summed E-state index contributed by atoms with van der Waals surface area (Å²) in [6.45, 7) is 4.21. The van der Waals surface area contributed by atoms with Crippen LogP contribution in [0, 0.1) is 25.2 Å². The molecule has 2 aliphatic rings. The van der Waals surface area contributed by atoms with Gasteiger partial charge in [0.1, 0.15) is 0 Å². The summed E-state index contributed by atoms with van der Waals surface area (Å²) in [4.78, 5) is 12.3. The van der Waals surface area contributed by atoms with Crippen molar-refractivity contribution in [1.29, 1.82) is 0 Å². The van der Waals surface area contributed by atoms with Crippen molar-refractivity contribution in [3.05, 3.63) is 65.2 Å². The Labute approximate surface area is 186 Å². The maximum Gasteiger partial charge on any atom is 0.422 e. The number of nitrogens with zero attached hydrogens (tertiary/aromatic N) is 2. The Hall–Kier alpha value is -2.83. The molecular formula is C25H27F3N2O2. The van der Waals surface area contributed by atoms with Crippen LogP contribution in [-0.4, -0.2) is 30.5 Å². The molecule has 7 heteroatoms. The van der Waals surface area contributed by atoms with Gasteiger partial charge >= 0.3 is 12.1 Å². The molecule has 32 heavy (non-hydrogen) atoms. The van der Waals surface area contributed by atoms with Gasteiger partial charge in [0.15, 0.2) is 6.61 Å². The number of ether oxygens (including phenoxy) is 1. The van der Waals surface area contributed by atoms with E-state index in [-0.39, 0.29) is 11.5 Å². The Morgan fingerprint density at radius 2 is 1.84 bits per heavy atom. The molecule has 0 radical (unpaired) electrons. The highest BCUT2D eigenvalue weighted by atomic mass is 19.4. The Kier molecular flexibility index (Phi) is 5.77. The molecule has 1 fully saturated rings. The number of halogens is 3. The number of hydrogen-bond acceptors (Lipinski definition) is 4. The molecule has 4 rings (SSSR count). The number of hydrazone groups is 1. The van der Waals surface area contributed by atoms with Gasteiger partial charge in [0.05, 0.1) is 23.4 Å². The minimum absolute atomic E-state index is 0.130. The van der Waals surface area contributed by atoms with Gasteiger partial charge in [-0.2, -0.15) is 18.3 Å². The second-order valence-corrected chi connectivity index (χ2v) is 8.96. The lowest BCUT2D eigenvalue weighted by atomic mass is 9.82. The van der Waals surface area contributed by atoms with Crippen LogP contribution in [0.2, 0.25) is 0 Å². The van der Waals surface area contributed by atoms with Crippen molar-refractivity contribution in [3.8, 4) is 0 Å². The second-order valence-electron chi connectivity index (χ2n) is 8.96. The van der Waals surface area contributed by atoms with E-state index in [2.05, 4.69) is 36.8 Å². The Balaban J connectivity index is 1.63. The van der Waals surface area contributed by atoms with Gasteiger partial charge in [0, 0.05) is 5.41 Å². The fraction of sp³-hybridized carbons (Fsp3) is 0.440. The van der Waals surface area contributed by atoms with E-state index in [0.717, 1.165) is 29.8 Å². The van der Waals surface area contributed by atoms with Crippen LogP contribution >= 0.6 is 0 Å². The average molecular weight is 444 g/mol. The number of esters is 1. The highest BCUT2D eigenvalue weighted by Gasteiger charge is 2.60. The van der Waals surface area contributed by atoms with Crippen molar-refractivity contribution < 1.29 is 22.7 Å². The number of anilines is 1. The molecule has 0 saturated heterocycles. The molecule has 2 atom stereocenters. The first-order valence-corrected chi connectivity index (χ1v) is 10.8. The lowest BCUT2D eigenvalue weighted by Gasteiger charge is -2.30. The van der Waals surface area contributed by atoms with Gasteiger partial charge in [-0.05, 0) is 68.0 Å². The van der Waals surface area contributed by atoms with Crippen molar-refractivity contribution in [2.75, 3.05) is 11.6 Å². The first-order valence-electron chi connectivity index (χ1n) is 10.8. The predicted octanol–water partition coefficient (Wildman–Crippen LogP) is 5.81. The maximum atomic E-state index is 12.5. The summed E-state index contributed by atoms with van der Waals surface area (Å²) in [5.74, 6) is -1.51. The first kappa shape index (κ1) is 22.4. The van der Waals surface area contributed by atoms with Crippen LogP contribution in [0.1, 0.15) is 42.9 Å². The monoisotopic (exact) mass is 444 g/mol. The molecule has 1 heterocycles. The quantitative estimate of drug-likeness (QED) is 0.528. The zero-order valence-electron chi connectivity index (χ0n) is 18.4. The van der Waals surface area contributed by atoms with Crippen molar-refractivity contribution >= 4 is 17.4 Å². The molecule has 1 spiro atoms. The van der Waals surface area contributed by atoms with Gasteiger partial charge in [-0.3, -0.25) is 9.80 Å². The molecular weight excluding hydrogens is 417 g/mol. The lowest BCUT2D eigenvalue weighted by molar-refractivity contribution is -0.189. The fourth-order valence-corrected chi connectivity index (χ4v) is 4.48. The normalized spacial score (nSPS) is 20.2. The zero-order chi connectivity index (χ0) is 23.1. The summed E-state index contributed by atoms with van der Waals surface area (Å²) >= 11 is 0. The minimum atomic E-state index is -4.53. The predicted molar refractivity (Wildman–Crippen MR) is 118 cm³/mol. The lowest BCUT2D eigenvalue weighted by Crippen LogP contribution is -2.38. The van der Waals surface area contributed by atoms with E-state index in [0.29, 0.717) is 6.42 Å². The van der Waals surface area contributed by atoms with Crippen LogP contribution in [0.4, 0.5) is 18.9 Å². The Morgan fingerprint density at radius 3 is 2.44 bits per heavy atom. The van der Waals surface area contributed by atoms with E-state index in [1.54, 1.807) is 6.92 Å². The van der Waals surface area contributed by atoms with Gasteiger partial charge in [0.2, 0.25) is 0 Å². The number of rotatable bonds is 6. The molecule has 4 nitrogen and oxygen atoms in total. The number of carbonyl (C=O) groups is 1. The Morgan fingerprint density at radius 1 is 1.16 bits per heavy atom. The highest BCUT2D eigenvalue weighted by Crippen LogP contribution is 2.58.